The Morgan fingerprint density at radius 1 is 1.13 bits per heavy atom. The summed E-state index contributed by atoms with van der Waals surface area (Å²) >= 11 is 7.41. The summed E-state index contributed by atoms with van der Waals surface area (Å²) in [7, 11) is 0. The Morgan fingerprint density at radius 3 is 2.50 bits per heavy atom. The largest absolute Gasteiger partial charge is 0.450 e. The summed E-state index contributed by atoms with van der Waals surface area (Å²) in [5, 5.41) is 14.4. The van der Waals surface area contributed by atoms with E-state index in [0.717, 1.165) is 18.2 Å². The van der Waals surface area contributed by atoms with Gasteiger partial charge in [-0.1, -0.05) is 11.6 Å². The fourth-order valence-electron chi connectivity index (χ4n) is 3.17. The highest BCUT2D eigenvalue weighted by atomic mass is 35.5. The van der Waals surface area contributed by atoms with E-state index in [2.05, 4.69) is 9.88 Å². The van der Waals surface area contributed by atoms with E-state index in [1.807, 2.05) is 10.3 Å². The third-order valence-corrected chi connectivity index (χ3v) is 5.77. The highest BCUT2D eigenvalue weighted by molar-refractivity contribution is 7.13. The molecule has 4 rings (SSSR count). The van der Waals surface area contributed by atoms with Gasteiger partial charge in [0.05, 0.1) is 4.92 Å². The lowest BCUT2D eigenvalue weighted by Crippen LogP contribution is -2.48. The summed E-state index contributed by atoms with van der Waals surface area (Å²) in [5.74, 6) is 0.421. The summed E-state index contributed by atoms with van der Waals surface area (Å²) in [5.41, 5.74) is 0.316. The molecule has 1 amide bonds. The van der Waals surface area contributed by atoms with Crippen LogP contribution >= 0.6 is 22.9 Å². The second-order valence-electron chi connectivity index (χ2n) is 6.59. The van der Waals surface area contributed by atoms with Crippen LogP contribution in [0.5, 0.6) is 11.5 Å². The maximum absolute atomic E-state index is 12.8. The van der Waals surface area contributed by atoms with Crippen molar-refractivity contribution in [1.29, 1.82) is 0 Å². The summed E-state index contributed by atoms with van der Waals surface area (Å²) in [6.07, 6.45) is 1.78. The van der Waals surface area contributed by atoms with Crippen LogP contribution in [0.25, 0.3) is 0 Å². The Morgan fingerprint density at radius 2 is 1.87 bits per heavy atom. The zero-order valence-electron chi connectivity index (χ0n) is 15.7. The number of nitro benzene ring substituents is 1. The van der Waals surface area contributed by atoms with Crippen LogP contribution < -0.4 is 9.64 Å². The first-order chi connectivity index (χ1) is 14.5. The number of ether oxygens (including phenoxy) is 1. The maximum Gasteiger partial charge on any atom is 0.313 e. The summed E-state index contributed by atoms with van der Waals surface area (Å²) < 4.78 is 5.62. The molecular formula is C20H17ClN4O4S. The van der Waals surface area contributed by atoms with E-state index < -0.39 is 4.92 Å². The molecule has 1 saturated heterocycles. The van der Waals surface area contributed by atoms with Crippen molar-refractivity contribution < 1.29 is 14.5 Å². The lowest BCUT2D eigenvalue weighted by atomic mass is 10.1. The standard InChI is InChI=1S/C20H17ClN4O4S/c21-15-3-6-18(17(13-15)25(27)28)29-16-4-1-14(2-5-16)19(26)23-8-10-24(11-9-23)20-22-7-12-30-20/h1-7,12-13H,8-11H2. The molecular weight excluding hydrogens is 428 g/mol. The summed E-state index contributed by atoms with van der Waals surface area (Å²) in [6, 6.07) is 10.8. The van der Waals surface area contributed by atoms with E-state index in [4.69, 9.17) is 16.3 Å². The van der Waals surface area contributed by atoms with Crippen LogP contribution in [-0.2, 0) is 0 Å². The van der Waals surface area contributed by atoms with Crippen molar-refractivity contribution in [3.8, 4) is 11.5 Å². The first-order valence-electron chi connectivity index (χ1n) is 9.17. The number of carbonyl (C=O) groups excluding carboxylic acids is 1. The molecule has 8 nitrogen and oxygen atoms in total. The Hall–Kier alpha value is -3.17. The number of piperazine rings is 1. The van der Waals surface area contributed by atoms with Gasteiger partial charge in [-0.25, -0.2) is 4.98 Å². The number of aromatic nitrogens is 1. The van der Waals surface area contributed by atoms with Crippen LogP contribution in [0.1, 0.15) is 10.4 Å². The number of carbonyl (C=O) groups is 1. The smallest absolute Gasteiger partial charge is 0.313 e. The van der Waals surface area contributed by atoms with Gasteiger partial charge in [-0.3, -0.25) is 14.9 Å². The lowest BCUT2D eigenvalue weighted by molar-refractivity contribution is -0.385. The van der Waals surface area contributed by atoms with Gasteiger partial charge in [-0.15, -0.1) is 11.3 Å². The van der Waals surface area contributed by atoms with Crippen LogP contribution in [0.15, 0.2) is 54.0 Å². The van der Waals surface area contributed by atoms with E-state index in [1.165, 1.54) is 18.2 Å². The molecule has 154 valence electrons. The lowest BCUT2D eigenvalue weighted by Gasteiger charge is -2.34. The molecule has 0 atom stereocenters. The van der Waals surface area contributed by atoms with Crippen LogP contribution in [0.2, 0.25) is 5.02 Å². The zero-order chi connectivity index (χ0) is 21.1. The molecule has 30 heavy (non-hydrogen) atoms. The quantitative estimate of drug-likeness (QED) is 0.426. The van der Waals surface area contributed by atoms with Crippen LogP contribution in [0.3, 0.4) is 0 Å². The van der Waals surface area contributed by atoms with E-state index in [9.17, 15) is 14.9 Å². The number of thiazole rings is 1. The van der Waals surface area contributed by atoms with Gasteiger partial charge in [0.25, 0.3) is 5.91 Å². The van der Waals surface area contributed by atoms with Gasteiger partial charge in [0.15, 0.2) is 5.13 Å². The third-order valence-electron chi connectivity index (χ3n) is 4.70. The molecule has 1 aromatic heterocycles. The number of anilines is 1. The van der Waals surface area contributed by atoms with E-state index >= 15 is 0 Å². The molecule has 0 aliphatic carbocycles. The fraction of sp³-hybridized carbons (Fsp3) is 0.200. The number of nitro groups is 1. The van der Waals surface area contributed by atoms with Gasteiger partial charge < -0.3 is 14.5 Å². The number of amides is 1. The first-order valence-corrected chi connectivity index (χ1v) is 10.4. The van der Waals surface area contributed by atoms with Crippen LogP contribution in [-0.4, -0.2) is 46.9 Å². The number of hydrogen-bond donors (Lipinski definition) is 0. The zero-order valence-corrected chi connectivity index (χ0v) is 17.3. The van der Waals surface area contributed by atoms with E-state index in [0.29, 0.717) is 24.4 Å². The predicted molar refractivity (Wildman–Crippen MR) is 115 cm³/mol. The Bertz CT molecular complexity index is 1050. The second-order valence-corrected chi connectivity index (χ2v) is 7.90. The van der Waals surface area contributed by atoms with Crippen molar-refractivity contribution in [3.63, 3.8) is 0 Å². The van der Waals surface area contributed by atoms with Crippen molar-refractivity contribution in [1.82, 2.24) is 9.88 Å². The minimum atomic E-state index is -0.551. The number of benzene rings is 2. The average molecular weight is 445 g/mol. The normalized spacial score (nSPS) is 13.9. The number of nitrogens with zero attached hydrogens (tertiary/aromatic N) is 4. The number of rotatable bonds is 5. The van der Waals surface area contributed by atoms with Gasteiger partial charge in [0.2, 0.25) is 5.75 Å². The highest BCUT2D eigenvalue weighted by Gasteiger charge is 2.23. The molecule has 2 aromatic carbocycles. The van der Waals surface area contributed by atoms with Crippen molar-refractivity contribution >= 4 is 39.7 Å². The van der Waals surface area contributed by atoms with Crippen molar-refractivity contribution in [2.75, 3.05) is 31.1 Å². The Labute approximate surface area is 181 Å². The average Bonchev–Trinajstić information content (AvgIpc) is 3.30. The minimum Gasteiger partial charge on any atom is -0.450 e. The highest BCUT2D eigenvalue weighted by Crippen LogP contribution is 2.33. The molecule has 0 N–H and O–H groups in total. The van der Waals surface area contributed by atoms with E-state index in [-0.39, 0.29) is 22.4 Å². The molecule has 3 aromatic rings. The Balaban J connectivity index is 1.40. The van der Waals surface area contributed by atoms with Gasteiger partial charge in [-0.05, 0) is 36.4 Å². The molecule has 0 radical (unpaired) electrons. The molecule has 1 aliphatic rings. The summed E-state index contributed by atoms with van der Waals surface area (Å²) in [6.45, 7) is 2.71. The molecule has 0 spiro atoms. The van der Waals surface area contributed by atoms with Crippen molar-refractivity contribution in [2.24, 2.45) is 0 Å². The molecule has 0 bridgehead atoms. The second kappa shape index (κ2) is 8.68. The number of halogens is 1. The topological polar surface area (TPSA) is 88.8 Å². The number of hydrogen-bond acceptors (Lipinski definition) is 7. The van der Waals surface area contributed by atoms with Gasteiger partial charge in [0.1, 0.15) is 5.75 Å². The van der Waals surface area contributed by atoms with Gasteiger partial charge >= 0.3 is 5.69 Å². The van der Waals surface area contributed by atoms with Gasteiger partial charge in [0, 0.05) is 54.4 Å². The fourth-order valence-corrected chi connectivity index (χ4v) is 4.03. The van der Waals surface area contributed by atoms with Crippen molar-refractivity contribution in [2.45, 2.75) is 0 Å². The third kappa shape index (κ3) is 4.37. The molecule has 0 unspecified atom stereocenters. The molecule has 1 aliphatic heterocycles. The molecule has 10 heteroatoms. The molecule has 1 fully saturated rings. The van der Waals surface area contributed by atoms with E-state index in [1.54, 1.807) is 41.8 Å². The molecule has 0 saturated carbocycles. The minimum absolute atomic E-state index is 0.0576. The molecule has 2 heterocycles. The van der Waals surface area contributed by atoms with Crippen molar-refractivity contribution in [3.05, 3.63) is 74.7 Å². The maximum atomic E-state index is 12.8. The predicted octanol–water partition coefficient (Wildman–Crippen LogP) is 4.46. The van der Waals surface area contributed by atoms with Gasteiger partial charge in [-0.2, -0.15) is 0 Å². The summed E-state index contributed by atoms with van der Waals surface area (Å²) in [4.78, 5) is 31.7. The monoisotopic (exact) mass is 444 g/mol. The van der Waals surface area contributed by atoms with Crippen LogP contribution in [0, 0.1) is 10.1 Å². The van der Waals surface area contributed by atoms with Crippen LogP contribution in [0.4, 0.5) is 10.8 Å². The first kappa shape index (κ1) is 20.1. The SMILES string of the molecule is O=C(c1ccc(Oc2ccc(Cl)cc2[N+](=O)[O-])cc1)N1CCN(c2nccs2)CC1. The Kier molecular flexibility index (Phi) is 5.82.